The van der Waals surface area contributed by atoms with Crippen LogP contribution in [0.3, 0.4) is 0 Å². The third-order valence-corrected chi connectivity index (χ3v) is 5.43. The van der Waals surface area contributed by atoms with Crippen LogP contribution in [0.15, 0.2) is 24.3 Å². The molecule has 0 saturated heterocycles. The van der Waals surface area contributed by atoms with Crippen LogP contribution in [0.1, 0.15) is 39.0 Å². The van der Waals surface area contributed by atoms with Crippen molar-refractivity contribution < 1.29 is 19.7 Å². The van der Waals surface area contributed by atoms with Crippen molar-refractivity contribution in [2.24, 2.45) is 11.3 Å². The fourth-order valence-electron chi connectivity index (χ4n) is 3.76. The summed E-state index contributed by atoms with van der Waals surface area (Å²) >= 11 is 0. The third-order valence-electron chi connectivity index (χ3n) is 5.43. The average molecular weight is 280 g/mol. The maximum absolute atomic E-state index is 11.6. The van der Waals surface area contributed by atoms with Crippen molar-refractivity contribution in [1.82, 2.24) is 0 Å². The topological polar surface area (TPSA) is 66.8 Å². The zero-order chi connectivity index (χ0) is 15.1. The Hall–Kier alpha value is -1.13. The van der Waals surface area contributed by atoms with Gasteiger partial charge in [-0.1, -0.05) is 20.1 Å². The van der Waals surface area contributed by atoms with Crippen LogP contribution in [0.25, 0.3) is 0 Å². The van der Waals surface area contributed by atoms with Gasteiger partial charge in [-0.2, -0.15) is 0 Å². The summed E-state index contributed by atoms with van der Waals surface area (Å²) < 4.78 is 4.72. The molecule has 0 amide bonds. The quantitative estimate of drug-likeness (QED) is 0.461. The van der Waals surface area contributed by atoms with E-state index in [9.17, 15) is 15.0 Å². The van der Waals surface area contributed by atoms with E-state index in [0.717, 1.165) is 19.3 Å². The van der Waals surface area contributed by atoms with Crippen molar-refractivity contribution in [2.45, 2.75) is 50.7 Å². The van der Waals surface area contributed by atoms with Gasteiger partial charge in [-0.3, -0.25) is 0 Å². The highest BCUT2D eigenvalue weighted by Crippen LogP contribution is 2.56. The van der Waals surface area contributed by atoms with Crippen LogP contribution in [0.5, 0.6) is 0 Å². The van der Waals surface area contributed by atoms with Crippen molar-refractivity contribution in [2.75, 3.05) is 7.11 Å². The van der Waals surface area contributed by atoms with E-state index in [1.54, 1.807) is 0 Å². The van der Waals surface area contributed by atoms with Crippen LogP contribution in [0, 0.1) is 11.3 Å². The van der Waals surface area contributed by atoms with Gasteiger partial charge in [0.1, 0.15) is 0 Å². The number of esters is 1. The van der Waals surface area contributed by atoms with Crippen LogP contribution in [-0.2, 0) is 9.53 Å². The molecular formula is C16H24O4. The van der Waals surface area contributed by atoms with E-state index in [0.29, 0.717) is 24.0 Å². The Morgan fingerprint density at radius 2 is 2.00 bits per heavy atom. The van der Waals surface area contributed by atoms with E-state index in [2.05, 4.69) is 13.2 Å². The fraction of sp³-hybridized carbons (Fsp3) is 0.688. The molecule has 2 N–H and O–H groups in total. The Morgan fingerprint density at radius 1 is 1.40 bits per heavy atom. The highest BCUT2D eigenvalue weighted by atomic mass is 16.5. The van der Waals surface area contributed by atoms with Gasteiger partial charge in [0.2, 0.25) is 0 Å². The Bertz CT molecular complexity index is 455. The first-order chi connectivity index (χ1) is 9.25. The molecule has 2 rings (SSSR count). The second-order valence-corrected chi connectivity index (χ2v) is 6.46. The minimum atomic E-state index is -1.13. The van der Waals surface area contributed by atoms with Crippen molar-refractivity contribution in [3.05, 3.63) is 24.3 Å². The molecule has 0 aromatic rings. The monoisotopic (exact) mass is 280 g/mol. The molecule has 2 aliphatic rings. The van der Waals surface area contributed by atoms with Crippen molar-refractivity contribution >= 4 is 5.97 Å². The second-order valence-electron chi connectivity index (χ2n) is 6.46. The molecule has 4 atom stereocenters. The number of rotatable bonds is 2. The standard InChI is InChI=1S/C16H24O4/c1-10(14(18)20-4)12-5-7-15(3)8-6-13(17)11(2)16(15,19)9-12/h12-13,17,19H,1-2,5-9H2,3-4H3. The summed E-state index contributed by atoms with van der Waals surface area (Å²) in [6.45, 7) is 9.76. The molecule has 0 heterocycles. The van der Waals surface area contributed by atoms with Gasteiger partial charge in [-0.05, 0) is 43.6 Å². The molecule has 0 aromatic carbocycles. The molecule has 20 heavy (non-hydrogen) atoms. The van der Waals surface area contributed by atoms with Crippen LogP contribution in [0.4, 0.5) is 0 Å². The predicted octanol–water partition coefficient (Wildman–Crippen LogP) is 1.96. The first-order valence-corrected chi connectivity index (χ1v) is 7.12. The Morgan fingerprint density at radius 3 is 2.60 bits per heavy atom. The molecule has 4 nitrogen and oxygen atoms in total. The maximum Gasteiger partial charge on any atom is 0.333 e. The van der Waals surface area contributed by atoms with E-state index in [1.165, 1.54) is 7.11 Å². The predicted molar refractivity (Wildman–Crippen MR) is 75.9 cm³/mol. The maximum atomic E-state index is 11.6. The van der Waals surface area contributed by atoms with Crippen molar-refractivity contribution in [3.8, 4) is 0 Å². The molecule has 2 saturated carbocycles. The van der Waals surface area contributed by atoms with Gasteiger partial charge in [-0.25, -0.2) is 4.79 Å². The minimum absolute atomic E-state index is 0.123. The van der Waals surface area contributed by atoms with E-state index in [1.807, 2.05) is 6.92 Å². The van der Waals surface area contributed by atoms with Gasteiger partial charge >= 0.3 is 5.97 Å². The zero-order valence-corrected chi connectivity index (χ0v) is 12.3. The third kappa shape index (κ3) is 2.11. The highest BCUT2D eigenvalue weighted by Gasteiger charge is 2.56. The lowest BCUT2D eigenvalue weighted by Crippen LogP contribution is -2.57. The molecule has 0 aromatic heterocycles. The number of fused-ring (bicyclic) bond motifs is 1. The van der Waals surface area contributed by atoms with Gasteiger partial charge in [0.05, 0.1) is 18.8 Å². The number of ether oxygens (including phenoxy) is 1. The number of hydrogen-bond donors (Lipinski definition) is 2. The summed E-state index contributed by atoms with van der Waals surface area (Å²) in [6.07, 6.45) is 2.71. The van der Waals surface area contributed by atoms with E-state index < -0.39 is 17.7 Å². The Kier molecular flexibility index (Phi) is 3.82. The van der Waals surface area contributed by atoms with E-state index in [4.69, 9.17) is 4.74 Å². The largest absolute Gasteiger partial charge is 0.466 e. The normalized spacial score (nSPS) is 40.9. The Balaban J connectivity index is 2.26. The SMILES string of the molecule is C=C(C(=O)OC)C1CCC2(C)CCC(O)C(=C)C2(O)C1. The number of carbonyl (C=O) groups is 1. The van der Waals surface area contributed by atoms with Gasteiger partial charge in [0.25, 0.3) is 0 Å². The molecule has 2 fully saturated rings. The van der Waals surface area contributed by atoms with Crippen LogP contribution in [0.2, 0.25) is 0 Å². The van der Waals surface area contributed by atoms with Crippen molar-refractivity contribution in [1.29, 1.82) is 0 Å². The fourth-order valence-corrected chi connectivity index (χ4v) is 3.76. The van der Waals surface area contributed by atoms with Crippen molar-refractivity contribution in [3.63, 3.8) is 0 Å². The molecule has 4 unspecified atom stereocenters. The summed E-state index contributed by atoms with van der Waals surface area (Å²) in [5, 5.41) is 21.1. The molecular weight excluding hydrogens is 256 g/mol. The van der Waals surface area contributed by atoms with Gasteiger partial charge in [0.15, 0.2) is 0 Å². The summed E-state index contributed by atoms with van der Waals surface area (Å²) in [5.74, 6) is -0.549. The summed E-state index contributed by atoms with van der Waals surface area (Å²) in [5.41, 5.74) is -0.537. The number of hydrogen-bond acceptors (Lipinski definition) is 4. The number of aliphatic hydroxyl groups excluding tert-OH is 1. The molecule has 112 valence electrons. The smallest absolute Gasteiger partial charge is 0.333 e. The van der Waals surface area contributed by atoms with Gasteiger partial charge in [-0.15, -0.1) is 0 Å². The van der Waals surface area contributed by atoms with E-state index >= 15 is 0 Å². The van der Waals surface area contributed by atoms with Crippen LogP contribution >= 0.6 is 0 Å². The second kappa shape index (κ2) is 5.01. The van der Waals surface area contributed by atoms with Crippen LogP contribution < -0.4 is 0 Å². The molecule has 0 aliphatic heterocycles. The number of aliphatic hydroxyl groups is 2. The number of carbonyl (C=O) groups excluding carboxylic acids is 1. The lowest BCUT2D eigenvalue weighted by molar-refractivity contribution is -0.140. The van der Waals surface area contributed by atoms with Crippen LogP contribution in [-0.4, -0.2) is 35.0 Å². The molecule has 0 bridgehead atoms. The molecule has 2 aliphatic carbocycles. The first kappa shape index (κ1) is 15.3. The summed E-state index contributed by atoms with van der Waals surface area (Å²) in [6, 6.07) is 0. The highest BCUT2D eigenvalue weighted by molar-refractivity contribution is 5.88. The Labute approximate surface area is 120 Å². The molecule has 0 spiro atoms. The molecule has 0 radical (unpaired) electrons. The lowest BCUT2D eigenvalue weighted by Gasteiger charge is -2.56. The summed E-state index contributed by atoms with van der Waals surface area (Å²) in [7, 11) is 1.33. The van der Waals surface area contributed by atoms with Gasteiger partial charge in [0, 0.05) is 11.0 Å². The average Bonchev–Trinajstić information content (AvgIpc) is 2.44. The minimum Gasteiger partial charge on any atom is -0.466 e. The van der Waals surface area contributed by atoms with E-state index in [-0.39, 0.29) is 11.3 Å². The van der Waals surface area contributed by atoms with Gasteiger partial charge < -0.3 is 14.9 Å². The number of methoxy groups -OCH3 is 1. The summed E-state index contributed by atoms with van der Waals surface area (Å²) in [4.78, 5) is 11.6. The lowest BCUT2D eigenvalue weighted by atomic mass is 9.53. The first-order valence-electron chi connectivity index (χ1n) is 7.12. The zero-order valence-electron chi connectivity index (χ0n) is 12.3. The molecule has 4 heteroatoms.